The third-order valence-corrected chi connectivity index (χ3v) is 5.99. The van der Waals surface area contributed by atoms with E-state index in [9.17, 15) is 14.0 Å². The smallest absolute Gasteiger partial charge is 0.308 e. The SMILES string of the molecule is COC(=O)C1CCC(OC[C@@H]2C[C@H](F)CN2C(=O)Cc2ccc(N)c(Cl)n2)CC1. The molecule has 0 bridgehead atoms. The number of nitrogen functional groups attached to an aromatic ring is 1. The summed E-state index contributed by atoms with van der Waals surface area (Å²) in [5.41, 5.74) is 6.49. The molecule has 9 heteroatoms. The Kier molecular flexibility index (Phi) is 7.29. The van der Waals surface area contributed by atoms with Crippen LogP contribution in [0.15, 0.2) is 12.1 Å². The van der Waals surface area contributed by atoms with Crippen LogP contribution >= 0.6 is 11.6 Å². The van der Waals surface area contributed by atoms with Gasteiger partial charge in [-0.05, 0) is 37.8 Å². The third-order valence-electron chi connectivity index (χ3n) is 5.68. The summed E-state index contributed by atoms with van der Waals surface area (Å²) in [6.07, 6.45) is 2.21. The third kappa shape index (κ3) is 5.57. The molecule has 29 heavy (non-hydrogen) atoms. The van der Waals surface area contributed by atoms with E-state index < -0.39 is 6.17 Å². The number of amides is 1. The van der Waals surface area contributed by atoms with E-state index in [0.717, 1.165) is 25.7 Å². The molecule has 160 valence electrons. The molecule has 0 aromatic carbocycles. The van der Waals surface area contributed by atoms with Crippen molar-refractivity contribution in [3.8, 4) is 0 Å². The molecule has 0 radical (unpaired) electrons. The molecule has 2 heterocycles. The average molecular weight is 428 g/mol. The number of anilines is 1. The van der Waals surface area contributed by atoms with Gasteiger partial charge in [-0.25, -0.2) is 9.37 Å². The van der Waals surface area contributed by atoms with Gasteiger partial charge in [0, 0.05) is 6.42 Å². The Hall–Kier alpha value is -1.93. The molecule has 1 aliphatic heterocycles. The second-order valence-corrected chi connectivity index (χ2v) is 8.08. The van der Waals surface area contributed by atoms with E-state index in [-0.39, 0.29) is 61.1 Å². The van der Waals surface area contributed by atoms with Crippen molar-refractivity contribution in [3.63, 3.8) is 0 Å². The number of esters is 1. The lowest BCUT2D eigenvalue weighted by Crippen LogP contribution is -2.40. The van der Waals surface area contributed by atoms with Crippen molar-refractivity contribution in [2.45, 2.75) is 56.8 Å². The highest BCUT2D eigenvalue weighted by Gasteiger charge is 2.36. The Labute approximate surface area is 174 Å². The molecule has 1 aromatic heterocycles. The molecule has 2 atom stereocenters. The van der Waals surface area contributed by atoms with Crippen LogP contribution in [0.3, 0.4) is 0 Å². The molecule has 1 aromatic rings. The van der Waals surface area contributed by atoms with Gasteiger partial charge in [0.15, 0.2) is 5.15 Å². The summed E-state index contributed by atoms with van der Waals surface area (Å²) < 4.78 is 24.8. The van der Waals surface area contributed by atoms with Gasteiger partial charge >= 0.3 is 5.97 Å². The fourth-order valence-corrected chi connectivity index (χ4v) is 4.21. The molecule has 2 fully saturated rings. The van der Waals surface area contributed by atoms with Gasteiger partial charge in [0.05, 0.1) is 56.1 Å². The molecule has 0 unspecified atom stereocenters. The first kappa shape index (κ1) is 21.8. The summed E-state index contributed by atoms with van der Waals surface area (Å²) >= 11 is 5.91. The summed E-state index contributed by atoms with van der Waals surface area (Å²) in [5.74, 6) is -0.451. The van der Waals surface area contributed by atoms with E-state index in [4.69, 9.17) is 26.8 Å². The number of likely N-dealkylation sites (tertiary alicyclic amines) is 1. The minimum atomic E-state index is -1.06. The van der Waals surface area contributed by atoms with Gasteiger partial charge in [0.2, 0.25) is 5.91 Å². The van der Waals surface area contributed by atoms with Crippen molar-refractivity contribution in [1.82, 2.24) is 9.88 Å². The van der Waals surface area contributed by atoms with Gasteiger partial charge in [-0.2, -0.15) is 0 Å². The minimum Gasteiger partial charge on any atom is -0.469 e. The number of carbonyl (C=O) groups is 2. The Morgan fingerprint density at radius 2 is 2.03 bits per heavy atom. The zero-order chi connectivity index (χ0) is 21.0. The van der Waals surface area contributed by atoms with Crippen molar-refractivity contribution in [3.05, 3.63) is 23.0 Å². The predicted octanol–water partition coefficient (Wildman–Crippen LogP) is 2.55. The number of hydrogen-bond donors (Lipinski definition) is 1. The van der Waals surface area contributed by atoms with E-state index in [1.54, 1.807) is 12.1 Å². The lowest BCUT2D eigenvalue weighted by molar-refractivity contribution is -0.148. The number of alkyl halides is 1. The molecular formula is C20H27ClFN3O4. The first-order valence-electron chi connectivity index (χ1n) is 9.91. The zero-order valence-corrected chi connectivity index (χ0v) is 17.2. The molecule has 3 rings (SSSR count). The van der Waals surface area contributed by atoms with Crippen LogP contribution in [-0.2, 0) is 25.5 Å². The van der Waals surface area contributed by atoms with Crippen molar-refractivity contribution in [1.29, 1.82) is 0 Å². The topological polar surface area (TPSA) is 94.8 Å². The number of nitrogens with two attached hydrogens (primary N) is 1. The second kappa shape index (κ2) is 9.71. The van der Waals surface area contributed by atoms with Gasteiger partial charge < -0.3 is 20.1 Å². The summed E-state index contributed by atoms with van der Waals surface area (Å²) in [6, 6.07) is 2.94. The van der Waals surface area contributed by atoms with Crippen molar-refractivity contribution in [2.24, 2.45) is 5.92 Å². The lowest BCUT2D eigenvalue weighted by atomic mass is 9.87. The minimum absolute atomic E-state index is 0.0177. The largest absolute Gasteiger partial charge is 0.469 e. The highest BCUT2D eigenvalue weighted by Crippen LogP contribution is 2.29. The molecule has 2 N–H and O–H groups in total. The summed E-state index contributed by atoms with van der Waals surface area (Å²) in [7, 11) is 1.40. The van der Waals surface area contributed by atoms with Crippen LogP contribution in [0, 0.1) is 5.92 Å². The van der Waals surface area contributed by atoms with Crippen LogP contribution in [0.5, 0.6) is 0 Å². The maximum atomic E-state index is 14.0. The van der Waals surface area contributed by atoms with Crippen LogP contribution in [0.2, 0.25) is 5.15 Å². The Bertz CT molecular complexity index is 742. The number of pyridine rings is 1. The van der Waals surface area contributed by atoms with Crippen LogP contribution < -0.4 is 5.73 Å². The first-order chi connectivity index (χ1) is 13.9. The highest BCUT2D eigenvalue weighted by atomic mass is 35.5. The van der Waals surface area contributed by atoms with Crippen LogP contribution in [0.1, 0.15) is 37.8 Å². The normalized spacial score (nSPS) is 27.1. The number of hydrogen-bond acceptors (Lipinski definition) is 6. The number of aromatic nitrogens is 1. The Morgan fingerprint density at radius 3 is 2.69 bits per heavy atom. The van der Waals surface area contributed by atoms with E-state index >= 15 is 0 Å². The highest BCUT2D eigenvalue weighted by molar-refractivity contribution is 6.31. The van der Waals surface area contributed by atoms with E-state index in [1.807, 2.05) is 0 Å². The average Bonchev–Trinajstić information content (AvgIpc) is 3.09. The molecule has 1 saturated carbocycles. The van der Waals surface area contributed by atoms with E-state index in [0.29, 0.717) is 11.4 Å². The van der Waals surface area contributed by atoms with Gasteiger partial charge in [-0.1, -0.05) is 11.6 Å². The zero-order valence-electron chi connectivity index (χ0n) is 16.5. The van der Waals surface area contributed by atoms with Crippen LogP contribution in [-0.4, -0.2) is 60.3 Å². The quantitative estimate of drug-likeness (QED) is 0.553. The molecule has 2 aliphatic rings. The summed E-state index contributed by atoms with van der Waals surface area (Å²) in [5, 5.41) is 0.155. The maximum Gasteiger partial charge on any atom is 0.308 e. The number of nitrogens with zero attached hydrogens (tertiary/aromatic N) is 2. The number of rotatable bonds is 6. The fourth-order valence-electron chi connectivity index (χ4n) is 4.04. The van der Waals surface area contributed by atoms with Gasteiger partial charge in [-0.3, -0.25) is 9.59 Å². The summed E-state index contributed by atoms with van der Waals surface area (Å²) in [4.78, 5) is 30.0. The summed E-state index contributed by atoms with van der Waals surface area (Å²) in [6.45, 7) is 0.348. The monoisotopic (exact) mass is 427 g/mol. The number of ether oxygens (including phenoxy) is 2. The molecular weight excluding hydrogens is 401 g/mol. The standard InChI is InChI=1S/C20H27ClFN3O4/c1-28-20(27)12-2-5-16(6-3-12)29-11-15-8-13(22)10-25(15)18(26)9-14-4-7-17(23)19(21)24-14/h4,7,12-13,15-16H,2-3,5-6,8-11,23H2,1H3/t12?,13-,15-,16?/m0/s1. The van der Waals surface area contributed by atoms with Gasteiger partial charge in [-0.15, -0.1) is 0 Å². The van der Waals surface area contributed by atoms with Gasteiger partial charge in [0.1, 0.15) is 6.17 Å². The molecule has 1 aliphatic carbocycles. The number of halogens is 2. The van der Waals surface area contributed by atoms with Crippen LogP contribution in [0.25, 0.3) is 0 Å². The number of methoxy groups -OCH3 is 1. The Balaban J connectivity index is 1.51. The molecule has 0 spiro atoms. The predicted molar refractivity (Wildman–Crippen MR) is 106 cm³/mol. The molecule has 1 saturated heterocycles. The van der Waals surface area contributed by atoms with Crippen molar-refractivity contribution in [2.75, 3.05) is 26.0 Å². The first-order valence-corrected chi connectivity index (χ1v) is 10.3. The Morgan fingerprint density at radius 1 is 1.31 bits per heavy atom. The van der Waals surface area contributed by atoms with Crippen molar-refractivity contribution >= 4 is 29.2 Å². The van der Waals surface area contributed by atoms with E-state index in [2.05, 4.69) is 4.98 Å². The van der Waals surface area contributed by atoms with Crippen molar-refractivity contribution < 1.29 is 23.5 Å². The van der Waals surface area contributed by atoms with E-state index in [1.165, 1.54) is 12.0 Å². The lowest BCUT2D eigenvalue weighted by Gasteiger charge is -2.30. The second-order valence-electron chi connectivity index (χ2n) is 7.72. The molecule has 7 nitrogen and oxygen atoms in total. The van der Waals surface area contributed by atoms with Crippen LogP contribution in [0.4, 0.5) is 10.1 Å². The molecule has 1 amide bonds. The maximum absolute atomic E-state index is 14.0. The van der Waals surface area contributed by atoms with Gasteiger partial charge in [0.25, 0.3) is 0 Å². The fraction of sp³-hybridized carbons (Fsp3) is 0.650. The number of carbonyl (C=O) groups excluding carboxylic acids is 2.